The second-order valence-electron chi connectivity index (χ2n) is 6.46. The average molecular weight is 483 g/mol. The molecule has 11 heteroatoms. The maximum atomic E-state index is 12.9. The number of nitrogens with zero attached hydrogens (tertiary/aromatic N) is 3. The molecule has 0 aliphatic heterocycles. The molecule has 0 spiro atoms. The minimum absolute atomic E-state index is 0.0584. The summed E-state index contributed by atoms with van der Waals surface area (Å²) in [5.41, 5.74) is -0.227. The number of thioether (sulfide) groups is 1. The smallest absolute Gasteiger partial charge is 0.416 e. The van der Waals surface area contributed by atoms with Crippen LogP contribution in [0, 0.1) is 0 Å². The van der Waals surface area contributed by atoms with Gasteiger partial charge >= 0.3 is 6.18 Å². The normalized spacial score (nSPS) is 11.2. The van der Waals surface area contributed by atoms with E-state index in [2.05, 4.69) is 22.1 Å². The van der Waals surface area contributed by atoms with Crippen molar-refractivity contribution in [2.75, 3.05) is 11.1 Å². The number of allylic oxidation sites excluding steroid dienone is 1. The monoisotopic (exact) mass is 482 g/mol. The van der Waals surface area contributed by atoms with E-state index >= 15 is 0 Å². The van der Waals surface area contributed by atoms with Gasteiger partial charge in [0, 0.05) is 17.3 Å². The number of rotatable bonds is 9. The molecule has 1 N–H and O–H groups in total. The number of nitrogens with one attached hydrogen (secondary N) is 1. The molecule has 0 atom stereocenters. The first-order valence-electron chi connectivity index (χ1n) is 9.27. The molecule has 0 fully saturated rings. The molecule has 0 saturated carbocycles. The molecule has 1 amide bonds. The van der Waals surface area contributed by atoms with Gasteiger partial charge in [0.15, 0.2) is 11.0 Å². The zero-order valence-corrected chi connectivity index (χ0v) is 18.2. The summed E-state index contributed by atoms with van der Waals surface area (Å²) in [7, 11) is 0. The largest absolute Gasteiger partial charge is 0.486 e. The summed E-state index contributed by atoms with van der Waals surface area (Å²) in [6, 6.07) is 11.4. The van der Waals surface area contributed by atoms with Crippen molar-refractivity contribution in [3.63, 3.8) is 0 Å². The summed E-state index contributed by atoms with van der Waals surface area (Å²) < 4.78 is 45.8. The Labute approximate surface area is 191 Å². The van der Waals surface area contributed by atoms with Crippen LogP contribution in [-0.4, -0.2) is 26.4 Å². The number of carbonyl (C=O) groups is 1. The van der Waals surface area contributed by atoms with Gasteiger partial charge in [0.2, 0.25) is 5.91 Å². The number of hydrogen-bond acceptors (Lipinski definition) is 5. The van der Waals surface area contributed by atoms with Gasteiger partial charge in [0.1, 0.15) is 12.4 Å². The van der Waals surface area contributed by atoms with Crippen molar-refractivity contribution in [1.29, 1.82) is 0 Å². The van der Waals surface area contributed by atoms with Crippen LogP contribution in [0.1, 0.15) is 11.4 Å². The van der Waals surface area contributed by atoms with Crippen LogP contribution in [0.2, 0.25) is 5.02 Å². The van der Waals surface area contributed by atoms with Crippen LogP contribution >= 0.6 is 23.4 Å². The van der Waals surface area contributed by atoms with Crippen molar-refractivity contribution in [1.82, 2.24) is 14.8 Å². The SMILES string of the molecule is C=CCn1c(COc2cccc(C(F)(F)F)c2)nnc1SCC(=O)Nc1cccc(Cl)c1. The quantitative estimate of drug-likeness (QED) is 0.324. The molecular formula is C21H18ClF3N4O2S. The third kappa shape index (κ3) is 6.51. The Balaban J connectivity index is 1.63. The molecule has 168 valence electrons. The summed E-state index contributed by atoms with van der Waals surface area (Å²) in [5, 5.41) is 11.8. The average Bonchev–Trinajstić information content (AvgIpc) is 3.12. The Morgan fingerprint density at radius 2 is 2.00 bits per heavy atom. The van der Waals surface area contributed by atoms with Crippen LogP contribution in [0.15, 0.2) is 66.3 Å². The molecule has 1 heterocycles. The highest BCUT2D eigenvalue weighted by Gasteiger charge is 2.30. The molecule has 32 heavy (non-hydrogen) atoms. The number of anilines is 1. The molecule has 0 radical (unpaired) electrons. The molecule has 3 aromatic rings. The Morgan fingerprint density at radius 3 is 2.72 bits per heavy atom. The van der Waals surface area contributed by atoms with Crippen LogP contribution in [-0.2, 0) is 24.1 Å². The van der Waals surface area contributed by atoms with Gasteiger partial charge in [-0.1, -0.05) is 41.6 Å². The lowest BCUT2D eigenvalue weighted by molar-refractivity contribution is -0.137. The van der Waals surface area contributed by atoms with Gasteiger partial charge in [-0.3, -0.25) is 9.36 Å². The maximum absolute atomic E-state index is 12.9. The van der Waals surface area contributed by atoms with Gasteiger partial charge < -0.3 is 10.1 Å². The summed E-state index contributed by atoms with van der Waals surface area (Å²) in [6.45, 7) is 3.93. The van der Waals surface area contributed by atoms with E-state index in [1.165, 1.54) is 12.1 Å². The first kappa shape index (κ1) is 23.7. The summed E-state index contributed by atoms with van der Waals surface area (Å²) in [6.07, 6.45) is -2.84. The number of halogens is 4. The molecule has 0 bridgehead atoms. The van der Waals surface area contributed by atoms with Crippen molar-refractivity contribution in [3.8, 4) is 5.75 Å². The van der Waals surface area contributed by atoms with E-state index in [9.17, 15) is 18.0 Å². The van der Waals surface area contributed by atoms with Gasteiger partial charge in [-0.2, -0.15) is 13.2 Å². The molecule has 0 unspecified atom stereocenters. The van der Waals surface area contributed by atoms with Gasteiger partial charge in [-0.05, 0) is 36.4 Å². The molecule has 0 saturated heterocycles. The van der Waals surface area contributed by atoms with E-state index in [0.717, 1.165) is 23.9 Å². The van der Waals surface area contributed by atoms with Crippen molar-refractivity contribution in [2.24, 2.45) is 0 Å². The Hall–Kier alpha value is -2.98. The van der Waals surface area contributed by atoms with Gasteiger partial charge in [-0.15, -0.1) is 16.8 Å². The highest BCUT2D eigenvalue weighted by Crippen LogP contribution is 2.31. The Morgan fingerprint density at radius 1 is 1.22 bits per heavy atom. The van der Waals surface area contributed by atoms with Crippen LogP contribution in [0.5, 0.6) is 5.75 Å². The number of hydrogen-bond donors (Lipinski definition) is 1. The van der Waals surface area contributed by atoms with E-state index in [1.54, 1.807) is 34.9 Å². The van der Waals surface area contributed by atoms with E-state index < -0.39 is 11.7 Å². The van der Waals surface area contributed by atoms with Crippen LogP contribution in [0.4, 0.5) is 18.9 Å². The standard InChI is InChI=1S/C21H18ClF3N4O2S/c1-2-9-29-18(12-31-17-8-3-5-14(10-17)21(23,24)25)27-28-20(29)32-13-19(30)26-16-7-4-6-15(22)11-16/h2-8,10-11H,1,9,12-13H2,(H,26,30). The zero-order valence-electron chi connectivity index (χ0n) is 16.6. The summed E-state index contributed by atoms with van der Waals surface area (Å²) in [5.74, 6) is 0.256. The van der Waals surface area contributed by atoms with Crippen LogP contribution in [0.25, 0.3) is 0 Å². The fourth-order valence-corrected chi connectivity index (χ4v) is 3.61. The number of amides is 1. The van der Waals surface area contributed by atoms with Gasteiger partial charge in [0.25, 0.3) is 0 Å². The number of aromatic nitrogens is 3. The second-order valence-corrected chi connectivity index (χ2v) is 7.84. The number of ether oxygens (including phenoxy) is 1. The topological polar surface area (TPSA) is 69.0 Å². The summed E-state index contributed by atoms with van der Waals surface area (Å²) in [4.78, 5) is 12.2. The van der Waals surface area contributed by atoms with Crippen LogP contribution < -0.4 is 10.1 Å². The van der Waals surface area contributed by atoms with E-state index in [4.69, 9.17) is 16.3 Å². The Kier molecular flexibility index (Phi) is 7.81. The van der Waals surface area contributed by atoms with E-state index in [-0.39, 0.29) is 24.0 Å². The molecule has 2 aromatic carbocycles. The van der Waals surface area contributed by atoms with E-state index in [0.29, 0.717) is 28.2 Å². The number of alkyl halides is 3. The first-order chi connectivity index (χ1) is 15.3. The van der Waals surface area contributed by atoms with Crippen molar-refractivity contribution in [3.05, 3.63) is 77.6 Å². The fourth-order valence-electron chi connectivity index (χ4n) is 2.65. The van der Waals surface area contributed by atoms with E-state index in [1.807, 2.05) is 0 Å². The number of carbonyl (C=O) groups excluding carboxylic acids is 1. The molecule has 1 aromatic heterocycles. The second kappa shape index (κ2) is 10.6. The lowest BCUT2D eigenvalue weighted by Gasteiger charge is -2.11. The molecule has 6 nitrogen and oxygen atoms in total. The van der Waals surface area contributed by atoms with Crippen molar-refractivity contribution >= 4 is 35.0 Å². The summed E-state index contributed by atoms with van der Waals surface area (Å²) >= 11 is 7.07. The minimum atomic E-state index is -4.46. The predicted octanol–water partition coefficient (Wildman–Crippen LogP) is 5.45. The van der Waals surface area contributed by atoms with Crippen molar-refractivity contribution < 1.29 is 22.7 Å². The Bertz CT molecular complexity index is 1100. The lowest BCUT2D eigenvalue weighted by atomic mass is 10.2. The zero-order chi connectivity index (χ0) is 23.1. The predicted molar refractivity (Wildman–Crippen MR) is 117 cm³/mol. The van der Waals surface area contributed by atoms with Crippen molar-refractivity contribution in [2.45, 2.75) is 24.5 Å². The first-order valence-corrected chi connectivity index (χ1v) is 10.6. The van der Waals surface area contributed by atoms with Gasteiger partial charge in [0.05, 0.1) is 11.3 Å². The maximum Gasteiger partial charge on any atom is 0.416 e. The third-order valence-corrected chi connectivity index (χ3v) is 5.28. The highest BCUT2D eigenvalue weighted by atomic mass is 35.5. The number of benzene rings is 2. The van der Waals surface area contributed by atoms with Crippen LogP contribution in [0.3, 0.4) is 0 Å². The minimum Gasteiger partial charge on any atom is -0.486 e. The lowest BCUT2D eigenvalue weighted by Crippen LogP contribution is -2.15. The van der Waals surface area contributed by atoms with Gasteiger partial charge in [-0.25, -0.2) is 0 Å². The molecule has 0 aliphatic rings. The third-order valence-electron chi connectivity index (χ3n) is 4.08. The molecule has 0 aliphatic carbocycles. The highest BCUT2D eigenvalue weighted by molar-refractivity contribution is 7.99. The fraction of sp³-hybridized carbons (Fsp3) is 0.190. The molecule has 3 rings (SSSR count). The molecular weight excluding hydrogens is 465 g/mol.